The van der Waals surface area contributed by atoms with Gasteiger partial charge in [0.25, 0.3) is 0 Å². The second-order valence-electron chi connectivity index (χ2n) is 2.25. The van der Waals surface area contributed by atoms with E-state index in [-0.39, 0.29) is 6.23 Å². The monoisotopic (exact) mass is 127 g/mol. The van der Waals surface area contributed by atoms with Crippen LogP contribution in [0.1, 0.15) is 13.3 Å². The minimum absolute atomic E-state index is 0.220. The van der Waals surface area contributed by atoms with Gasteiger partial charge in [-0.3, -0.25) is 0 Å². The Morgan fingerprint density at radius 1 is 1.78 bits per heavy atom. The van der Waals surface area contributed by atoms with Crippen LogP contribution in [-0.4, -0.2) is 18.9 Å². The normalized spacial score (nSPS) is 33.9. The summed E-state index contributed by atoms with van der Waals surface area (Å²) in [5, 5.41) is 0. The second-order valence-corrected chi connectivity index (χ2v) is 2.25. The van der Waals surface area contributed by atoms with Gasteiger partial charge >= 0.3 is 0 Å². The van der Waals surface area contributed by atoms with Crippen LogP contribution in [0.15, 0.2) is 4.99 Å². The zero-order valence-electron chi connectivity index (χ0n) is 5.33. The quantitative estimate of drug-likeness (QED) is 0.384. The molecule has 2 atom stereocenters. The molecule has 1 heterocycles. The Hall–Kier alpha value is -0.660. The molecular formula is C6H9NO2. The van der Waals surface area contributed by atoms with Gasteiger partial charge in [0.2, 0.25) is 6.08 Å². The molecule has 9 heavy (non-hydrogen) atoms. The lowest BCUT2D eigenvalue weighted by Crippen LogP contribution is -2.08. The van der Waals surface area contributed by atoms with Gasteiger partial charge in [-0.15, -0.1) is 0 Å². The molecule has 1 rings (SSSR count). The Morgan fingerprint density at radius 2 is 2.56 bits per heavy atom. The van der Waals surface area contributed by atoms with Crippen molar-refractivity contribution in [3.63, 3.8) is 0 Å². The fourth-order valence-electron chi connectivity index (χ4n) is 0.898. The lowest BCUT2D eigenvalue weighted by atomic mass is 10.1. The molecule has 0 radical (unpaired) electrons. The summed E-state index contributed by atoms with van der Waals surface area (Å²) in [5.74, 6) is 0.381. The highest BCUT2D eigenvalue weighted by molar-refractivity contribution is 5.33. The maximum Gasteiger partial charge on any atom is 0.237 e. The van der Waals surface area contributed by atoms with Crippen LogP contribution < -0.4 is 0 Å². The number of isocyanates is 1. The fourth-order valence-corrected chi connectivity index (χ4v) is 0.898. The first-order valence-corrected chi connectivity index (χ1v) is 3.03. The Labute approximate surface area is 53.7 Å². The molecule has 3 heteroatoms. The zero-order valence-corrected chi connectivity index (χ0v) is 5.33. The number of rotatable bonds is 1. The predicted molar refractivity (Wildman–Crippen MR) is 31.6 cm³/mol. The van der Waals surface area contributed by atoms with Gasteiger partial charge in [-0.25, -0.2) is 4.79 Å². The maximum absolute atomic E-state index is 9.73. The number of aliphatic imine (C=N–C) groups is 1. The number of ether oxygens (including phenoxy) is 1. The average molecular weight is 127 g/mol. The second kappa shape index (κ2) is 2.76. The van der Waals surface area contributed by atoms with Gasteiger partial charge in [-0.05, 0) is 6.42 Å². The van der Waals surface area contributed by atoms with E-state index in [4.69, 9.17) is 4.74 Å². The molecule has 0 spiro atoms. The standard InChI is InChI=1S/C6H9NO2/c1-5-2-3-9-6(5)7-4-8/h5-6H,2-3H2,1H3. The topological polar surface area (TPSA) is 38.7 Å². The number of carbonyl (C=O) groups excluding carboxylic acids is 1. The van der Waals surface area contributed by atoms with Crippen LogP contribution in [0.3, 0.4) is 0 Å². The van der Waals surface area contributed by atoms with Gasteiger partial charge in [0, 0.05) is 12.5 Å². The molecule has 3 nitrogen and oxygen atoms in total. The average Bonchev–Trinajstić information content (AvgIpc) is 2.18. The van der Waals surface area contributed by atoms with E-state index in [0.717, 1.165) is 13.0 Å². The smallest absolute Gasteiger partial charge is 0.237 e. The highest BCUT2D eigenvalue weighted by Gasteiger charge is 2.22. The van der Waals surface area contributed by atoms with Crippen molar-refractivity contribution in [1.82, 2.24) is 0 Å². The van der Waals surface area contributed by atoms with E-state index in [9.17, 15) is 4.79 Å². The van der Waals surface area contributed by atoms with Crippen molar-refractivity contribution in [2.24, 2.45) is 10.9 Å². The Bertz CT molecular complexity index is 140. The molecule has 1 saturated heterocycles. The minimum atomic E-state index is -0.220. The lowest BCUT2D eigenvalue weighted by molar-refractivity contribution is 0.102. The molecule has 0 aromatic rings. The summed E-state index contributed by atoms with van der Waals surface area (Å²) >= 11 is 0. The lowest BCUT2D eigenvalue weighted by Gasteiger charge is -2.03. The molecule has 0 aromatic carbocycles. The molecule has 0 N–H and O–H groups in total. The summed E-state index contributed by atoms with van der Waals surface area (Å²) in [4.78, 5) is 13.2. The molecular weight excluding hydrogens is 118 g/mol. The van der Waals surface area contributed by atoms with Crippen molar-refractivity contribution in [3.05, 3.63) is 0 Å². The van der Waals surface area contributed by atoms with Crippen molar-refractivity contribution in [2.45, 2.75) is 19.6 Å². The first kappa shape index (κ1) is 6.46. The van der Waals surface area contributed by atoms with E-state index >= 15 is 0 Å². The van der Waals surface area contributed by atoms with Gasteiger partial charge < -0.3 is 4.74 Å². The molecule has 0 saturated carbocycles. The number of hydrogen-bond acceptors (Lipinski definition) is 3. The van der Waals surface area contributed by atoms with E-state index < -0.39 is 0 Å². The van der Waals surface area contributed by atoms with Crippen molar-refractivity contribution >= 4 is 6.08 Å². The van der Waals surface area contributed by atoms with E-state index in [2.05, 4.69) is 4.99 Å². The summed E-state index contributed by atoms with van der Waals surface area (Å²) in [6.45, 7) is 2.73. The van der Waals surface area contributed by atoms with Crippen molar-refractivity contribution in [3.8, 4) is 0 Å². The first-order chi connectivity index (χ1) is 4.34. The van der Waals surface area contributed by atoms with E-state index in [1.54, 1.807) is 0 Å². The summed E-state index contributed by atoms with van der Waals surface area (Å²) in [7, 11) is 0. The van der Waals surface area contributed by atoms with Crippen LogP contribution in [0.2, 0.25) is 0 Å². The van der Waals surface area contributed by atoms with E-state index in [1.807, 2.05) is 6.92 Å². The molecule has 1 fully saturated rings. The van der Waals surface area contributed by atoms with E-state index in [1.165, 1.54) is 6.08 Å². The fraction of sp³-hybridized carbons (Fsp3) is 0.833. The zero-order chi connectivity index (χ0) is 6.69. The summed E-state index contributed by atoms with van der Waals surface area (Å²) in [6, 6.07) is 0. The Balaban J connectivity index is 2.49. The van der Waals surface area contributed by atoms with Gasteiger partial charge in [0.05, 0.1) is 0 Å². The molecule has 1 aliphatic heterocycles. The third kappa shape index (κ3) is 1.37. The highest BCUT2D eigenvalue weighted by atomic mass is 16.5. The number of nitrogens with zero attached hydrogens (tertiary/aromatic N) is 1. The largest absolute Gasteiger partial charge is 0.355 e. The van der Waals surface area contributed by atoms with Crippen LogP contribution in [0.25, 0.3) is 0 Å². The highest BCUT2D eigenvalue weighted by Crippen LogP contribution is 2.19. The van der Waals surface area contributed by atoms with Crippen molar-refractivity contribution in [2.75, 3.05) is 6.61 Å². The molecule has 0 amide bonds. The molecule has 0 aromatic heterocycles. The minimum Gasteiger partial charge on any atom is -0.355 e. The third-order valence-corrected chi connectivity index (χ3v) is 1.53. The van der Waals surface area contributed by atoms with Gasteiger partial charge in [0.1, 0.15) is 0 Å². The Morgan fingerprint density at radius 3 is 3.00 bits per heavy atom. The Kier molecular flexibility index (Phi) is 1.98. The van der Waals surface area contributed by atoms with Crippen molar-refractivity contribution < 1.29 is 9.53 Å². The molecule has 50 valence electrons. The van der Waals surface area contributed by atoms with E-state index in [0.29, 0.717) is 5.92 Å². The molecule has 0 aliphatic carbocycles. The van der Waals surface area contributed by atoms with Gasteiger partial charge in [0.15, 0.2) is 6.23 Å². The van der Waals surface area contributed by atoms with Crippen LogP contribution >= 0.6 is 0 Å². The third-order valence-electron chi connectivity index (χ3n) is 1.53. The summed E-state index contributed by atoms with van der Waals surface area (Å²) in [6.07, 6.45) is 2.27. The summed E-state index contributed by atoms with van der Waals surface area (Å²) in [5.41, 5.74) is 0. The van der Waals surface area contributed by atoms with Crippen LogP contribution in [0.5, 0.6) is 0 Å². The van der Waals surface area contributed by atoms with Crippen LogP contribution in [-0.2, 0) is 9.53 Å². The number of hydrogen-bond donors (Lipinski definition) is 0. The summed E-state index contributed by atoms with van der Waals surface area (Å²) < 4.78 is 5.08. The molecule has 1 aliphatic rings. The molecule has 2 unspecified atom stereocenters. The van der Waals surface area contributed by atoms with Gasteiger partial charge in [-0.1, -0.05) is 6.92 Å². The SMILES string of the molecule is CC1CCOC1N=C=O. The molecule has 0 bridgehead atoms. The predicted octanol–water partition coefficient (Wildman–Crippen LogP) is 0.705. The van der Waals surface area contributed by atoms with Crippen LogP contribution in [0, 0.1) is 5.92 Å². The van der Waals surface area contributed by atoms with Crippen LogP contribution in [0.4, 0.5) is 0 Å². The maximum atomic E-state index is 9.73. The van der Waals surface area contributed by atoms with Gasteiger partial charge in [-0.2, -0.15) is 4.99 Å². The first-order valence-electron chi connectivity index (χ1n) is 3.03. The van der Waals surface area contributed by atoms with Crippen molar-refractivity contribution in [1.29, 1.82) is 0 Å².